The summed E-state index contributed by atoms with van der Waals surface area (Å²) in [4.78, 5) is 12.7. The maximum absolute atomic E-state index is 12.7. The van der Waals surface area contributed by atoms with Gasteiger partial charge in [0.1, 0.15) is 0 Å². The molecule has 6 heteroatoms. The van der Waals surface area contributed by atoms with Crippen LogP contribution in [0.3, 0.4) is 0 Å². The maximum Gasteiger partial charge on any atom is 0.253 e. The highest BCUT2D eigenvalue weighted by Crippen LogP contribution is 2.25. The van der Waals surface area contributed by atoms with Crippen molar-refractivity contribution in [1.82, 2.24) is 5.32 Å². The molecule has 0 heterocycles. The minimum absolute atomic E-state index is 0.236. The van der Waals surface area contributed by atoms with Crippen LogP contribution in [0.2, 0.25) is 0 Å². The van der Waals surface area contributed by atoms with Crippen molar-refractivity contribution >= 4 is 32.4 Å². The van der Waals surface area contributed by atoms with Crippen molar-refractivity contribution in [2.75, 3.05) is 11.0 Å². The molecule has 0 radical (unpaired) electrons. The first-order chi connectivity index (χ1) is 12.3. The first kappa shape index (κ1) is 17.9. The number of fused-ring (bicyclic) bond motifs is 1. The monoisotopic (exact) mass is 368 g/mol. The molecule has 3 aromatic carbocycles. The van der Waals surface area contributed by atoms with Gasteiger partial charge in [-0.1, -0.05) is 54.6 Å². The number of para-hydroxylation sites is 1. The van der Waals surface area contributed by atoms with Crippen LogP contribution in [0.5, 0.6) is 0 Å². The standard InChI is InChI=1S/C20H20N2O3S/c1-14(16-12-7-9-15-8-3-4-10-17(15)16)21-20(23)18-11-5-6-13-19(18)22-26(2,24)25/h3-14,22H,1-2H3,(H,21,23). The summed E-state index contributed by atoms with van der Waals surface area (Å²) in [6.45, 7) is 1.91. The highest BCUT2D eigenvalue weighted by atomic mass is 32.2. The van der Waals surface area contributed by atoms with E-state index in [2.05, 4.69) is 10.0 Å². The lowest BCUT2D eigenvalue weighted by molar-refractivity contribution is 0.0941. The summed E-state index contributed by atoms with van der Waals surface area (Å²) < 4.78 is 25.4. The van der Waals surface area contributed by atoms with Crippen LogP contribution in [0.25, 0.3) is 10.8 Å². The highest BCUT2D eigenvalue weighted by molar-refractivity contribution is 7.92. The Morgan fingerprint density at radius 3 is 2.35 bits per heavy atom. The van der Waals surface area contributed by atoms with Crippen LogP contribution in [0.15, 0.2) is 66.7 Å². The van der Waals surface area contributed by atoms with E-state index < -0.39 is 10.0 Å². The van der Waals surface area contributed by atoms with Crippen molar-refractivity contribution in [3.05, 3.63) is 77.9 Å². The van der Waals surface area contributed by atoms with Crippen LogP contribution in [0.1, 0.15) is 28.9 Å². The van der Waals surface area contributed by atoms with E-state index in [9.17, 15) is 13.2 Å². The number of rotatable bonds is 5. The van der Waals surface area contributed by atoms with Crippen molar-refractivity contribution in [3.8, 4) is 0 Å². The summed E-state index contributed by atoms with van der Waals surface area (Å²) in [6, 6.07) is 20.3. The zero-order chi connectivity index (χ0) is 18.7. The molecule has 1 amide bonds. The molecule has 0 bridgehead atoms. The largest absolute Gasteiger partial charge is 0.345 e. The van der Waals surface area contributed by atoms with Gasteiger partial charge in [0, 0.05) is 0 Å². The molecular formula is C20H20N2O3S. The van der Waals surface area contributed by atoms with Gasteiger partial charge in [-0.2, -0.15) is 0 Å². The van der Waals surface area contributed by atoms with Gasteiger partial charge < -0.3 is 5.32 Å². The lowest BCUT2D eigenvalue weighted by Gasteiger charge is -2.18. The predicted molar refractivity (Wildman–Crippen MR) is 105 cm³/mol. The van der Waals surface area contributed by atoms with Crippen LogP contribution >= 0.6 is 0 Å². The third-order valence-electron chi connectivity index (χ3n) is 4.10. The molecule has 5 nitrogen and oxygen atoms in total. The molecule has 0 saturated heterocycles. The molecule has 0 aliphatic carbocycles. The number of amides is 1. The van der Waals surface area contributed by atoms with Crippen LogP contribution < -0.4 is 10.0 Å². The van der Waals surface area contributed by atoms with Crippen LogP contribution in [-0.2, 0) is 10.0 Å². The second kappa shape index (κ2) is 7.17. The molecule has 1 unspecified atom stereocenters. The van der Waals surface area contributed by atoms with Gasteiger partial charge in [0.15, 0.2) is 0 Å². The Hall–Kier alpha value is -2.86. The van der Waals surface area contributed by atoms with Crippen molar-refractivity contribution < 1.29 is 13.2 Å². The Kier molecular flexibility index (Phi) is 4.95. The summed E-state index contributed by atoms with van der Waals surface area (Å²) in [5.74, 6) is -0.336. The van der Waals surface area contributed by atoms with Gasteiger partial charge in [-0.3, -0.25) is 9.52 Å². The Bertz CT molecular complexity index is 1060. The molecule has 0 fully saturated rings. The average Bonchev–Trinajstić information content (AvgIpc) is 2.60. The Morgan fingerprint density at radius 2 is 1.58 bits per heavy atom. The maximum atomic E-state index is 12.7. The van der Waals surface area contributed by atoms with E-state index in [1.165, 1.54) is 0 Å². The quantitative estimate of drug-likeness (QED) is 0.721. The molecule has 3 rings (SSSR count). The third kappa shape index (κ3) is 4.03. The zero-order valence-corrected chi connectivity index (χ0v) is 15.4. The van der Waals surface area contributed by atoms with Crippen LogP contribution in [0, 0.1) is 0 Å². The second-order valence-corrected chi connectivity index (χ2v) is 7.93. The smallest absolute Gasteiger partial charge is 0.253 e. The van der Waals surface area contributed by atoms with Gasteiger partial charge >= 0.3 is 0 Å². The summed E-state index contributed by atoms with van der Waals surface area (Å²) in [6.07, 6.45) is 1.06. The van der Waals surface area contributed by atoms with Gasteiger partial charge in [0.05, 0.1) is 23.5 Å². The number of anilines is 1. The molecule has 0 aliphatic heterocycles. The van der Waals surface area contributed by atoms with Gasteiger partial charge in [-0.05, 0) is 35.4 Å². The van der Waals surface area contributed by atoms with Crippen molar-refractivity contribution in [3.63, 3.8) is 0 Å². The Balaban J connectivity index is 1.88. The summed E-state index contributed by atoms with van der Waals surface area (Å²) in [7, 11) is -3.47. The molecule has 26 heavy (non-hydrogen) atoms. The zero-order valence-electron chi connectivity index (χ0n) is 14.6. The van der Waals surface area contributed by atoms with E-state index in [1.54, 1.807) is 24.3 Å². The fourth-order valence-electron chi connectivity index (χ4n) is 2.95. The molecule has 0 spiro atoms. The lowest BCUT2D eigenvalue weighted by atomic mass is 9.99. The number of sulfonamides is 1. The van der Waals surface area contributed by atoms with E-state index in [1.807, 2.05) is 49.4 Å². The minimum Gasteiger partial charge on any atom is -0.345 e. The van der Waals surface area contributed by atoms with E-state index in [0.29, 0.717) is 0 Å². The van der Waals surface area contributed by atoms with Crippen molar-refractivity contribution in [2.24, 2.45) is 0 Å². The molecule has 0 aliphatic rings. The third-order valence-corrected chi connectivity index (χ3v) is 4.70. The Labute approximate surface area is 153 Å². The SMILES string of the molecule is CC(NC(=O)c1ccccc1NS(C)(=O)=O)c1cccc2ccccc12. The van der Waals surface area contributed by atoms with Gasteiger partial charge in [0.25, 0.3) is 5.91 Å². The number of benzene rings is 3. The lowest BCUT2D eigenvalue weighted by Crippen LogP contribution is -2.28. The molecule has 2 N–H and O–H groups in total. The number of carbonyl (C=O) groups excluding carboxylic acids is 1. The van der Waals surface area contributed by atoms with E-state index >= 15 is 0 Å². The van der Waals surface area contributed by atoms with Crippen molar-refractivity contribution in [2.45, 2.75) is 13.0 Å². The second-order valence-electron chi connectivity index (χ2n) is 6.18. The van der Waals surface area contributed by atoms with Crippen LogP contribution in [-0.4, -0.2) is 20.6 Å². The fourth-order valence-corrected chi connectivity index (χ4v) is 3.53. The number of carbonyl (C=O) groups is 1. The van der Waals surface area contributed by atoms with E-state index in [-0.39, 0.29) is 23.2 Å². The summed E-state index contributed by atoms with van der Waals surface area (Å²) in [5.41, 5.74) is 1.55. The molecule has 0 saturated carbocycles. The molecule has 134 valence electrons. The number of hydrogen-bond acceptors (Lipinski definition) is 3. The highest BCUT2D eigenvalue weighted by Gasteiger charge is 2.17. The summed E-state index contributed by atoms with van der Waals surface area (Å²) in [5, 5.41) is 5.13. The molecule has 0 aromatic heterocycles. The van der Waals surface area contributed by atoms with E-state index in [4.69, 9.17) is 0 Å². The van der Waals surface area contributed by atoms with Gasteiger partial charge in [-0.25, -0.2) is 8.42 Å². The normalized spacial score (nSPS) is 12.5. The number of nitrogens with one attached hydrogen (secondary N) is 2. The predicted octanol–water partition coefficient (Wildman–Crippen LogP) is 3.70. The van der Waals surface area contributed by atoms with E-state index in [0.717, 1.165) is 22.6 Å². The molecule has 3 aromatic rings. The first-order valence-electron chi connectivity index (χ1n) is 8.20. The summed E-state index contributed by atoms with van der Waals surface area (Å²) >= 11 is 0. The van der Waals surface area contributed by atoms with Crippen molar-refractivity contribution in [1.29, 1.82) is 0 Å². The minimum atomic E-state index is -3.47. The van der Waals surface area contributed by atoms with Crippen LogP contribution in [0.4, 0.5) is 5.69 Å². The molecule has 1 atom stereocenters. The van der Waals surface area contributed by atoms with Gasteiger partial charge in [0.2, 0.25) is 10.0 Å². The first-order valence-corrected chi connectivity index (χ1v) is 10.1. The molecular weight excluding hydrogens is 348 g/mol. The Morgan fingerprint density at radius 1 is 0.923 bits per heavy atom. The average molecular weight is 368 g/mol. The topological polar surface area (TPSA) is 75.3 Å². The fraction of sp³-hybridized carbons (Fsp3) is 0.150. The number of hydrogen-bond donors (Lipinski definition) is 2. The van der Waals surface area contributed by atoms with Gasteiger partial charge in [-0.15, -0.1) is 0 Å².